The van der Waals surface area contributed by atoms with Crippen molar-refractivity contribution >= 4 is 34.1 Å². The lowest BCUT2D eigenvalue weighted by molar-refractivity contribution is -0.433. The zero-order valence-corrected chi connectivity index (χ0v) is 14.5. The fraction of sp³-hybridized carbons (Fsp3) is 0.833. The van der Waals surface area contributed by atoms with E-state index in [1.807, 2.05) is 0 Å². The van der Waals surface area contributed by atoms with E-state index in [9.17, 15) is 26.8 Å². The molecule has 10 nitrogen and oxygen atoms in total. The first-order valence-corrected chi connectivity index (χ1v) is 9.68. The molecule has 3 aliphatic rings. The van der Waals surface area contributed by atoms with E-state index in [-0.39, 0.29) is 17.9 Å². The van der Waals surface area contributed by atoms with Gasteiger partial charge in [-0.05, 0) is 18.8 Å². The number of halogens is 2. The predicted molar refractivity (Wildman–Crippen MR) is 76.5 cm³/mol. The molecule has 3 fully saturated rings. The normalized spacial score (nSPS) is 34.0. The summed E-state index contributed by atoms with van der Waals surface area (Å²) in [4.78, 5) is 23.3. The molecule has 1 saturated heterocycles. The van der Waals surface area contributed by atoms with Crippen LogP contribution in [0.4, 0.5) is 8.78 Å². The maximum absolute atomic E-state index is 13.1. The Kier molecular flexibility index (Phi) is 5.43. The molecule has 3 rings (SSSR count). The van der Waals surface area contributed by atoms with Crippen LogP contribution in [-0.4, -0.2) is 55.4 Å². The number of hydrogen-bond donors (Lipinski definition) is 1. The Morgan fingerprint density at radius 1 is 1.23 bits per heavy atom. The van der Waals surface area contributed by atoms with Gasteiger partial charge in [-0.25, -0.2) is 10.1 Å². The number of ether oxygens (including phenoxy) is 2. The summed E-state index contributed by atoms with van der Waals surface area (Å²) < 4.78 is 67.8. The van der Waals surface area contributed by atoms with E-state index in [1.165, 1.54) is 0 Å². The quantitative estimate of drug-likeness (QED) is 0.147. The lowest BCUT2D eigenvalue weighted by Crippen LogP contribution is -2.38. The van der Waals surface area contributed by atoms with Crippen molar-refractivity contribution in [2.24, 2.45) is 17.8 Å². The largest absolute Gasteiger partial charge is 0.462 e. The Hall–Kier alpha value is -1.06. The first-order chi connectivity index (χ1) is 12.2. The fourth-order valence-corrected chi connectivity index (χ4v) is 6.20. The lowest BCUT2D eigenvalue weighted by atomic mass is 9.87. The summed E-state index contributed by atoms with van der Waals surface area (Å²) in [5, 5.41) is 5.63. The van der Waals surface area contributed by atoms with Crippen molar-refractivity contribution in [3.63, 3.8) is 0 Å². The van der Waals surface area contributed by atoms with Crippen molar-refractivity contribution in [1.82, 2.24) is 0 Å². The van der Waals surface area contributed by atoms with Gasteiger partial charge >= 0.3 is 17.2 Å². The summed E-state index contributed by atoms with van der Waals surface area (Å²) in [7, 11) is -3.83. The molecule has 0 aromatic heterocycles. The fourth-order valence-electron chi connectivity index (χ4n) is 3.86. The minimum Gasteiger partial charge on any atom is -0.462 e. The van der Waals surface area contributed by atoms with E-state index in [4.69, 9.17) is 14.2 Å². The molecular weight excluding hydrogens is 406 g/mol. The second-order valence-corrected chi connectivity index (χ2v) is 8.60. The molecule has 0 radical (unpaired) electrons. The zero-order chi connectivity index (χ0) is 19.1. The molecule has 26 heavy (non-hydrogen) atoms. The highest BCUT2D eigenvalue weighted by Crippen LogP contribution is 2.57. The van der Waals surface area contributed by atoms with Crippen molar-refractivity contribution in [2.75, 3.05) is 13.2 Å². The maximum Gasteiger partial charge on any atom is 0.415 e. The molecular formula is C12H14F2O10S2. The Balaban J connectivity index is 1.46. The van der Waals surface area contributed by atoms with Gasteiger partial charge in [0.25, 0.3) is 10.1 Å². The molecule has 148 valence electrons. The average Bonchev–Trinajstić information content (AvgIpc) is 3.17. The van der Waals surface area contributed by atoms with Gasteiger partial charge < -0.3 is 9.47 Å². The Labute approximate surface area is 150 Å². The molecule has 1 N–H and O–H groups in total. The van der Waals surface area contributed by atoms with Crippen LogP contribution in [-0.2, 0) is 42.7 Å². The summed E-state index contributed by atoms with van der Waals surface area (Å²) in [5.74, 6) is -4.05. The molecule has 5 unspecified atom stereocenters. The van der Waals surface area contributed by atoms with Crippen LogP contribution in [0, 0.1) is 17.8 Å². The summed E-state index contributed by atoms with van der Waals surface area (Å²) in [6, 6.07) is 0. The minimum absolute atomic E-state index is 0.168. The van der Waals surface area contributed by atoms with Gasteiger partial charge in [0.1, 0.15) is 30.5 Å². The van der Waals surface area contributed by atoms with Crippen LogP contribution in [0.3, 0.4) is 0 Å². The highest BCUT2D eigenvalue weighted by Gasteiger charge is 2.66. The van der Waals surface area contributed by atoms with Gasteiger partial charge in [-0.15, -0.1) is 4.33 Å². The minimum atomic E-state index is -4.15. The predicted octanol–water partition coefficient (Wildman–Crippen LogP) is 0.488. The third kappa shape index (κ3) is 3.53. The number of alkyl halides is 2. The third-order valence-electron chi connectivity index (χ3n) is 4.70. The number of carbonyl (C=O) groups is 2. The molecule has 5 atom stereocenters. The highest BCUT2D eigenvalue weighted by atomic mass is 32.2. The third-order valence-corrected chi connectivity index (χ3v) is 7.03. The number of esters is 2. The molecule has 2 bridgehead atoms. The van der Waals surface area contributed by atoms with Crippen molar-refractivity contribution in [1.29, 1.82) is 0 Å². The summed E-state index contributed by atoms with van der Waals surface area (Å²) in [6.07, 6.45) is 0.621. The van der Waals surface area contributed by atoms with Gasteiger partial charge in [-0.3, -0.25) is 8.98 Å². The van der Waals surface area contributed by atoms with E-state index in [2.05, 4.69) is 14.1 Å². The Bertz CT molecular complexity index is 681. The zero-order valence-electron chi connectivity index (χ0n) is 12.9. The van der Waals surface area contributed by atoms with Crippen LogP contribution in [0.15, 0.2) is 0 Å². The van der Waals surface area contributed by atoms with Crippen molar-refractivity contribution in [2.45, 2.75) is 29.5 Å². The summed E-state index contributed by atoms with van der Waals surface area (Å²) >= 11 is -0.781. The van der Waals surface area contributed by atoms with E-state index < -0.39 is 63.7 Å². The van der Waals surface area contributed by atoms with Gasteiger partial charge in [-0.1, -0.05) is 5.04 Å². The van der Waals surface area contributed by atoms with Crippen LogP contribution < -0.4 is 0 Å². The number of carbonyl (C=O) groups excluding carboxylic acids is 2. The second kappa shape index (κ2) is 7.16. The molecule has 14 heteroatoms. The van der Waals surface area contributed by atoms with E-state index in [0.717, 1.165) is 0 Å². The SMILES string of the molecule is O=C(OCCOC(=O)C(F)(F)SOOO)C1C2CC3OS(=O)(=O)C1C3C2. The highest BCUT2D eigenvalue weighted by molar-refractivity contribution is 7.96. The number of rotatable bonds is 8. The van der Waals surface area contributed by atoms with Gasteiger partial charge in [0, 0.05) is 5.92 Å². The van der Waals surface area contributed by atoms with Crippen LogP contribution in [0.1, 0.15) is 12.8 Å². The first-order valence-electron chi connectivity index (χ1n) is 7.47. The molecule has 0 aromatic carbocycles. The standard InChI is InChI=1S/C12H14F2O10S2/c13-12(14,25-24-23-17)11(16)21-2-1-20-10(15)8-5-3-6-7(4-5)22-26(18,19)9(6)8/h5-9,17H,1-4H2. The smallest absolute Gasteiger partial charge is 0.415 e. The number of fused-ring (bicyclic) bond motifs is 1. The topological polar surface area (TPSA) is 135 Å². The van der Waals surface area contributed by atoms with Gasteiger partial charge in [0.2, 0.25) is 0 Å². The van der Waals surface area contributed by atoms with Crippen LogP contribution in [0.25, 0.3) is 0 Å². The van der Waals surface area contributed by atoms with Crippen LogP contribution in [0.5, 0.6) is 0 Å². The second-order valence-electron chi connectivity index (χ2n) is 6.06. The van der Waals surface area contributed by atoms with Crippen molar-refractivity contribution < 1.29 is 55.1 Å². The van der Waals surface area contributed by atoms with Crippen LogP contribution in [0.2, 0.25) is 0 Å². The molecule has 0 spiro atoms. The molecule has 0 amide bonds. The Morgan fingerprint density at radius 3 is 2.62 bits per heavy atom. The van der Waals surface area contributed by atoms with E-state index in [1.54, 1.807) is 0 Å². The molecule has 2 saturated carbocycles. The molecule has 1 heterocycles. The molecule has 1 aliphatic heterocycles. The molecule has 2 aliphatic carbocycles. The van der Waals surface area contributed by atoms with Crippen molar-refractivity contribution in [3.05, 3.63) is 0 Å². The lowest BCUT2D eigenvalue weighted by Gasteiger charge is -2.23. The average molecular weight is 420 g/mol. The van der Waals surface area contributed by atoms with E-state index in [0.29, 0.717) is 12.8 Å². The first kappa shape index (κ1) is 19.7. The number of hydrogen-bond acceptors (Lipinski definition) is 11. The van der Waals surface area contributed by atoms with Crippen LogP contribution >= 0.6 is 12.0 Å². The van der Waals surface area contributed by atoms with Crippen molar-refractivity contribution in [3.8, 4) is 0 Å². The van der Waals surface area contributed by atoms with E-state index >= 15 is 0 Å². The van der Waals surface area contributed by atoms with Gasteiger partial charge in [0.15, 0.2) is 0 Å². The Morgan fingerprint density at radius 2 is 1.92 bits per heavy atom. The van der Waals surface area contributed by atoms with Gasteiger partial charge in [0.05, 0.1) is 12.0 Å². The monoisotopic (exact) mass is 420 g/mol. The summed E-state index contributed by atoms with van der Waals surface area (Å²) in [6.45, 7) is -1.19. The molecule has 0 aromatic rings. The summed E-state index contributed by atoms with van der Waals surface area (Å²) in [5.41, 5.74) is 0. The maximum atomic E-state index is 13.1. The van der Waals surface area contributed by atoms with Gasteiger partial charge in [-0.2, -0.15) is 17.2 Å².